The fourth-order valence-electron chi connectivity index (χ4n) is 2.04. The molecule has 0 bridgehead atoms. The Hall–Kier alpha value is -0.410. The Morgan fingerprint density at radius 3 is 2.47 bits per heavy atom. The third-order valence-electron chi connectivity index (χ3n) is 2.82. The maximum Gasteiger partial charge on any atom is 0.165 e. The number of rotatable bonds is 5. The summed E-state index contributed by atoms with van der Waals surface area (Å²) in [6, 6.07) is 0. The molecule has 0 atom stereocenters. The third-order valence-corrected chi connectivity index (χ3v) is 2.82. The molecule has 0 spiro atoms. The Morgan fingerprint density at radius 1 is 1.40 bits per heavy atom. The van der Waals surface area contributed by atoms with Gasteiger partial charge < -0.3 is 9.47 Å². The van der Waals surface area contributed by atoms with Crippen molar-refractivity contribution in [2.75, 3.05) is 19.8 Å². The van der Waals surface area contributed by atoms with Crippen LogP contribution in [0.2, 0.25) is 0 Å². The normalized spacial score (nSPS) is 20.5. The van der Waals surface area contributed by atoms with Crippen LogP contribution in [0.4, 0.5) is 0 Å². The first-order valence-electron chi connectivity index (χ1n) is 5.85. The minimum absolute atomic E-state index is 0.252. The molecule has 88 valence electrons. The third kappa shape index (κ3) is 3.28. The van der Waals surface area contributed by atoms with Crippen LogP contribution in [0.15, 0.2) is 0 Å². The topological polar surface area (TPSA) is 35.5 Å². The van der Waals surface area contributed by atoms with Crippen LogP contribution < -0.4 is 0 Å². The maximum atomic E-state index is 12.1. The molecule has 0 aromatic heterocycles. The molecule has 0 saturated carbocycles. The van der Waals surface area contributed by atoms with E-state index in [1.165, 1.54) is 0 Å². The van der Waals surface area contributed by atoms with Gasteiger partial charge in [0.25, 0.3) is 0 Å². The molecule has 1 fully saturated rings. The van der Waals surface area contributed by atoms with Crippen molar-refractivity contribution in [1.82, 2.24) is 0 Å². The molecular weight excluding hydrogens is 192 g/mol. The van der Waals surface area contributed by atoms with Gasteiger partial charge in [0, 0.05) is 39.1 Å². The van der Waals surface area contributed by atoms with Crippen LogP contribution in [-0.2, 0) is 14.3 Å². The summed E-state index contributed by atoms with van der Waals surface area (Å²) in [5.74, 6) is 0.653. The predicted octanol–water partition coefficient (Wildman–Crippen LogP) is 2.19. The highest BCUT2D eigenvalue weighted by atomic mass is 16.5. The largest absolute Gasteiger partial charge is 0.381 e. The fourth-order valence-corrected chi connectivity index (χ4v) is 2.04. The van der Waals surface area contributed by atoms with Gasteiger partial charge in [-0.15, -0.1) is 0 Å². The standard InChI is InChI=1S/C12H22O3/c1-4-15-12(5-7-14-8-6-12)11(13)9-10(2)3/h10H,4-9H2,1-3H3. The van der Waals surface area contributed by atoms with Gasteiger partial charge in [-0.05, 0) is 12.8 Å². The van der Waals surface area contributed by atoms with Crippen LogP contribution in [0, 0.1) is 5.92 Å². The Bertz CT molecular complexity index is 199. The monoisotopic (exact) mass is 214 g/mol. The first-order valence-corrected chi connectivity index (χ1v) is 5.85. The molecule has 1 aliphatic heterocycles. The Kier molecular flexibility index (Phi) is 4.74. The number of carbonyl (C=O) groups is 1. The highest BCUT2D eigenvalue weighted by molar-refractivity contribution is 5.87. The summed E-state index contributed by atoms with van der Waals surface area (Å²) in [5, 5.41) is 0. The van der Waals surface area contributed by atoms with E-state index in [-0.39, 0.29) is 5.78 Å². The van der Waals surface area contributed by atoms with Crippen molar-refractivity contribution in [3.63, 3.8) is 0 Å². The molecule has 1 saturated heterocycles. The molecule has 0 unspecified atom stereocenters. The minimum Gasteiger partial charge on any atom is -0.381 e. The van der Waals surface area contributed by atoms with Gasteiger partial charge in [-0.2, -0.15) is 0 Å². The van der Waals surface area contributed by atoms with Gasteiger partial charge in [-0.3, -0.25) is 4.79 Å². The van der Waals surface area contributed by atoms with Gasteiger partial charge in [0.15, 0.2) is 5.78 Å². The summed E-state index contributed by atoms with van der Waals surface area (Å²) in [6.45, 7) is 7.96. The summed E-state index contributed by atoms with van der Waals surface area (Å²) in [6.07, 6.45) is 2.04. The maximum absolute atomic E-state index is 12.1. The second kappa shape index (κ2) is 5.61. The van der Waals surface area contributed by atoms with E-state index >= 15 is 0 Å². The summed E-state index contributed by atoms with van der Waals surface area (Å²) < 4.78 is 11.0. The van der Waals surface area contributed by atoms with Gasteiger partial charge in [-0.25, -0.2) is 0 Å². The van der Waals surface area contributed by atoms with Gasteiger partial charge in [-0.1, -0.05) is 13.8 Å². The average molecular weight is 214 g/mol. The van der Waals surface area contributed by atoms with E-state index < -0.39 is 5.60 Å². The lowest BCUT2D eigenvalue weighted by molar-refractivity contribution is -0.158. The first-order chi connectivity index (χ1) is 7.10. The first kappa shape index (κ1) is 12.7. The van der Waals surface area contributed by atoms with Crippen LogP contribution in [0.25, 0.3) is 0 Å². The Morgan fingerprint density at radius 2 is 2.00 bits per heavy atom. The molecule has 0 N–H and O–H groups in total. The predicted molar refractivity (Wildman–Crippen MR) is 58.9 cm³/mol. The quantitative estimate of drug-likeness (QED) is 0.703. The Balaban J connectivity index is 2.66. The molecule has 3 heteroatoms. The van der Waals surface area contributed by atoms with Crippen LogP contribution in [-0.4, -0.2) is 31.2 Å². The summed E-state index contributed by atoms with van der Waals surface area (Å²) in [4.78, 5) is 12.1. The Labute approximate surface area is 92.1 Å². The molecule has 1 rings (SSSR count). The van der Waals surface area contributed by atoms with Crippen molar-refractivity contribution in [3.8, 4) is 0 Å². The van der Waals surface area contributed by atoms with E-state index in [4.69, 9.17) is 9.47 Å². The molecule has 1 heterocycles. The lowest BCUT2D eigenvalue weighted by atomic mass is 9.85. The summed E-state index contributed by atoms with van der Waals surface area (Å²) in [5.41, 5.74) is -0.544. The zero-order chi connectivity index (χ0) is 11.3. The summed E-state index contributed by atoms with van der Waals surface area (Å²) >= 11 is 0. The van der Waals surface area contributed by atoms with Crippen molar-refractivity contribution in [2.45, 2.75) is 45.6 Å². The molecule has 15 heavy (non-hydrogen) atoms. The molecule has 1 aliphatic rings. The number of Topliss-reactive ketones (excluding diaryl/α,β-unsaturated/α-hetero) is 1. The van der Waals surface area contributed by atoms with Gasteiger partial charge >= 0.3 is 0 Å². The molecular formula is C12H22O3. The molecule has 0 aromatic rings. The number of ketones is 1. The van der Waals surface area contributed by atoms with Gasteiger partial charge in [0.05, 0.1) is 0 Å². The van der Waals surface area contributed by atoms with Gasteiger partial charge in [0.2, 0.25) is 0 Å². The highest BCUT2D eigenvalue weighted by Gasteiger charge is 2.40. The van der Waals surface area contributed by atoms with Crippen molar-refractivity contribution in [1.29, 1.82) is 0 Å². The van der Waals surface area contributed by atoms with E-state index in [9.17, 15) is 4.79 Å². The van der Waals surface area contributed by atoms with Crippen LogP contribution >= 0.6 is 0 Å². The average Bonchev–Trinajstić information content (AvgIpc) is 2.18. The zero-order valence-corrected chi connectivity index (χ0v) is 10.0. The van der Waals surface area contributed by atoms with E-state index in [1.54, 1.807) is 0 Å². The molecule has 3 nitrogen and oxygen atoms in total. The van der Waals surface area contributed by atoms with Crippen LogP contribution in [0.5, 0.6) is 0 Å². The van der Waals surface area contributed by atoms with Crippen molar-refractivity contribution in [2.24, 2.45) is 5.92 Å². The van der Waals surface area contributed by atoms with Crippen molar-refractivity contribution < 1.29 is 14.3 Å². The lowest BCUT2D eigenvalue weighted by Crippen LogP contribution is -2.46. The highest BCUT2D eigenvalue weighted by Crippen LogP contribution is 2.28. The van der Waals surface area contributed by atoms with Crippen molar-refractivity contribution >= 4 is 5.78 Å². The fraction of sp³-hybridized carbons (Fsp3) is 0.917. The minimum atomic E-state index is -0.544. The molecule has 0 aromatic carbocycles. The SMILES string of the molecule is CCOC1(C(=O)CC(C)C)CCOCC1. The van der Waals surface area contributed by atoms with Crippen molar-refractivity contribution in [3.05, 3.63) is 0 Å². The number of ether oxygens (including phenoxy) is 2. The second-order valence-electron chi connectivity index (χ2n) is 4.56. The van der Waals surface area contributed by atoms with E-state index in [2.05, 4.69) is 13.8 Å². The molecule has 0 amide bonds. The van der Waals surface area contributed by atoms with E-state index in [1.807, 2.05) is 6.92 Å². The van der Waals surface area contributed by atoms with E-state index in [0.717, 1.165) is 0 Å². The van der Waals surface area contributed by atoms with Crippen LogP contribution in [0.3, 0.4) is 0 Å². The molecule has 0 radical (unpaired) electrons. The molecule has 0 aliphatic carbocycles. The number of carbonyl (C=O) groups excluding carboxylic acids is 1. The number of hydrogen-bond donors (Lipinski definition) is 0. The van der Waals surface area contributed by atoms with E-state index in [0.29, 0.717) is 45.0 Å². The summed E-state index contributed by atoms with van der Waals surface area (Å²) in [7, 11) is 0. The second-order valence-corrected chi connectivity index (χ2v) is 4.56. The van der Waals surface area contributed by atoms with Crippen LogP contribution in [0.1, 0.15) is 40.0 Å². The smallest absolute Gasteiger partial charge is 0.165 e. The lowest BCUT2D eigenvalue weighted by Gasteiger charge is -2.35. The zero-order valence-electron chi connectivity index (χ0n) is 10.0. The number of hydrogen-bond acceptors (Lipinski definition) is 3. The van der Waals surface area contributed by atoms with Gasteiger partial charge in [0.1, 0.15) is 5.60 Å².